The second-order valence-electron chi connectivity index (χ2n) is 5.98. The van der Waals surface area contributed by atoms with Gasteiger partial charge in [0, 0.05) is 11.3 Å². The molecular weight excluding hydrogens is 290 g/mol. The van der Waals surface area contributed by atoms with Gasteiger partial charge < -0.3 is 4.74 Å². The van der Waals surface area contributed by atoms with Crippen molar-refractivity contribution in [2.24, 2.45) is 5.92 Å². The molecule has 22 heavy (non-hydrogen) atoms. The number of nitriles is 1. The highest BCUT2D eigenvalue weighted by molar-refractivity contribution is 7.09. The lowest BCUT2D eigenvalue weighted by molar-refractivity contribution is 0.108. The van der Waals surface area contributed by atoms with E-state index in [1.165, 1.54) is 37.0 Å². The number of nitrogens with zero attached hydrogens (tertiary/aromatic N) is 1. The summed E-state index contributed by atoms with van der Waals surface area (Å²) in [5.41, 5.74) is 0.663. The molecule has 0 N–H and O–H groups in total. The molecule has 1 unspecified atom stereocenters. The zero-order valence-corrected chi connectivity index (χ0v) is 13.5. The molecule has 0 bridgehead atoms. The average molecular weight is 311 g/mol. The molecule has 1 aliphatic rings. The highest BCUT2D eigenvalue weighted by Gasteiger charge is 2.26. The standard InChI is InChI=1S/C19H21NOS/c20-14-15-6-4-9-17(12-15)21-19(13-18-10-5-11-22-18)16-7-2-1-3-8-16/h4-6,9-12,16,19H,1-3,7-8,13H2. The van der Waals surface area contributed by atoms with E-state index in [4.69, 9.17) is 10.00 Å². The Balaban J connectivity index is 1.76. The second-order valence-corrected chi connectivity index (χ2v) is 7.01. The topological polar surface area (TPSA) is 33.0 Å². The smallest absolute Gasteiger partial charge is 0.121 e. The second kappa shape index (κ2) is 7.47. The van der Waals surface area contributed by atoms with Crippen LogP contribution in [0.5, 0.6) is 5.75 Å². The van der Waals surface area contributed by atoms with E-state index in [2.05, 4.69) is 23.6 Å². The molecular formula is C19H21NOS. The Labute approximate surface area is 136 Å². The monoisotopic (exact) mass is 311 g/mol. The maximum Gasteiger partial charge on any atom is 0.121 e. The number of ether oxygens (including phenoxy) is 1. The highest BCUT2D eigenvalue weighted by atomic mass is 32.1. The molecule has 1 saturated carbocycles. The summed E-state index contributed by atoms with van der Waals surface area (Å²) in [6.45, 7) is 0. The first-order valence-corrected chi connectivity index (χ1v) is 8.92. The molecule has 0 radical (unpaired) electrons. The summed E-state index contributed by atoms with van der Waals surface area (Å²) < 4.78 is 6.33. The summed E-state index contributed by atoms with van der Waals surface area (Å²) in [6, 6.07) is 14.0. The predicted molar refractivity (Wildman–Crippen MR) is 90.2 cm³/mol. The maximum atomic E-state index is 9.05. The van der Waals surface area contributed by atoms with Crippen LogP contribution in [-0.4, -0.2) is 6.10 Å². The minimum Gasteiger partial charge on any atom is -0.490 e. The fourth-order valence-electron chi connectivity index (χ4n) is 3.25. The molecule has 1 atom stereocenters. The SMILES string of the molecule is N#Cc1cccc(OC(Cc2cccs2)C2CCCCC2)c1. The Bertz CT molecular complexity index is 623. The first kappa shape index (κ1) is 15.1. The number of hydrogen-bond donors (Lipinski definition) is 0. The lowest BCUT2D eigenvalue weighted by Gasteiger charge is -2.30. The van der Waals surface area contributed by atoms with Crippen LogP contribution in [0.25, 0.3) is 0 Å². The van der Waals surface area contributed by atoms with E-state index in [0.717, 1.165) is 12.2 Å². The van der Waals surface area contributed by atoms with Gasteiger partial charge in [-0.05, 0) is 48.4 Å². The first-order valence-electron chi connectivity index (χ1n) is 8.04. The third kappa shape index (κ3) is 3.90. The summed E-state index contributed by atoms with van der Waals surface area (Å²) in [7, 11) is 0. The van der Waals surface area contributed by atoms with Crippen LogP contribution in [0.4, 0.5) is 0 Å². The van der Waals surface area contributed by atoms with Crippen LogP contribution in [0.15, 0.2) is 41.8 Å². The van der Waals surface area contributed by atoms with Crippen molar-refractivity contribution < 1.29 is 4.74 Å². The Morgan fingerprint density at radius 3 is 2.77 bits per heavy atom. The van der Waals surface area contributed by atoms with Crippen LogP contribution in [0.1, 0.15) is 42.5 Å². The minimum absolute atomic E-state index is 0.216. The zero-order chi connectivity index (χ0) is 15.2. The largest absolute Gasteiger partial charge is 0.490 e. The van der Waals surface area contributed by atoms with E-state index in [-0.39, 0.29) is 6.10 Å². The molecule has 114 valence electrons. The minimum atomic E-state index is 0.216. The van der Waals surface area contributed by atoms with Gasteiger partial charge in [0.1, 0.15) is 11.9 Å². The third-order valence-electron chi connectivity index (χ3n) is 4.41. The molecule has 3 rings (SSSR count). The van der Waals surface area contributed by atoms with Gasteiger partial charge in [0.15, 0.2) is 0 Å². The number of benzene rings is 1. The van der Waals surface area contributed by atoms with Crippen molar-refractivity contribution in [2.75, 3.05) is 0 Å². The highest BCUT2D eigenvalue weighted by Crippen LogP contribution is 2.31. The molecule has 2 aromatic rings. The van der Waals surface area contributed by atoms with Crippen molar-refractivity contribution in [3.05, 3.63) is 52.2 Å². The summed E-state index contributed by atoms with van der Waals surface area (Å²) in [6.07, 6.45) is 7.68. The molecule has 1 aliphatic carbocycles. The van der Waals surface area contributed by atoms with E-state index in [1.54, 1.807) is 11.3 Å². The van der Waals surface area contributed by atoms with Gasteiger partial charge in [0.05, 0.1) is 11.6 Å². The van der Waals surface area contributed by atoms with Crippen LogP contribution in [-0.2, 0) is 6.42 Å². The molecule has 1 fully saturated rings. The Hall–Kier alpha value is -1.79. The van der Waals surface area contributed by atoms with Crippen molar-refractivity contribution >= 4 is 11.3 Å². The van der Waals surface area contributed by atoms with E-state index in [1.807, 2.05) is 24.3 Å². The van der Waals surface area contributed by atoms with Gasteiger partial charge >= 0.3 is 0 Å². The fourth-order valence-corrected chi connectivity index (χ4v) is 4.00. The van der Waals surface area contributed by atoms with E-state index < -0.39 is 0 Å². The molecule has 0 saturated heterocycles. The van der Waals surface area contributed by atoms with Gasteiger partial charge in [-0.1, -0.05) is 31.4 Å². The van der Waals surface area contributed by atoms with Gasteiger partial charge in [-0.2, -0.15) is 5.26 Å². The van der Waals surface area contributed by atoms with Gasteiger partial charge in [0.2, 0.25) is 0 Å². The Morgan fingerprint density at radius 1 is 1.18 bits per heavy atom. The average Bonchev–Trinajstić information content (AvgIpc) is 3.08. The van der Waals surface area contributed by atoms with Crippen molar-refractivity contribution in [1.82, 2.24) is 0 Å². The van der Waals surface area contributed by atoms with Gasteiger partial charge in [-0.25, -0.2) is 0 Å². The van der Waals surface area contributed by atoms with Gasteiger partial charge in [-0.15, -0.1) is 11.3 Å². The van der Waals surface area contributed by atoms with Crippen molar-refractivity contribution in [1.29, 1.82) is 5.26 Å². The van der Waals surface area contributed by atoms with Gasteiger partial charge in [-0.3, -0.25) is 0 Å². The summed E-state index contributed by atoms with van der Waals surface area (Å²) in [4.78, 5) is 1.38. The summed E-state index contributed by atoms with van der Waals surface area (Å²) >= 11 is 1.80. The summed E-state index contributed by atoms with van der Waals surface area (Å²) in [5.74, 6) is 1.45. The molecule has 0 spiro atoms. The van der Waals surface area contributed by atoms with E-state index >= 15 is 0 Å². The van der Waals surface area contributed by atoms with E-state index in [0.29, 0.717) is 11.5 Å². The quantitative estimate of drug-likeness (QED) is 0.761. The zero-order valence-electron chi connectivity index (χ0n) is 12.7. The first-order chi connectivity index (χ1) is 10.8. The molecule has 0 aliphatic heterocycles. The normalized spacial score (nSPS) is 16.9. The van der Waals surface area contributed by atoms with Crippen LogP contribution in [0.2, 0.25) is 0 Å². The van der Waals surface area contributed by atoms with Crippen molar-refractivity contribution in [2.45, 2.75) is 44.6 Å². The van der Waals surface area contributed by atoms with Crippen LogP contribution in [0, 0.1) is 17.2 Å². The molecule has 1 aromatic carbocycles. The number of rotatable bonds is 5. The Morgan fingerprint density at radius 2 is 2.05 bits per heavy atom. The molecule has 1 aromatic heterocycles. The van der Waals surface area contributed by atoms with Crippen LogP contribution in [0.3, 0.4) is 0 Å². The lowest BCUT2D eigenvalue weighted by atomic mass is 9.84. The van der Waals surface area contributed by atoms with Crippen molar-refractivity contribution in [3.8, 4) is 11.8 Å². The van der Waals surface area contributed by atoms with Crippen LogP contribution < -0.4 is 4.74 Å². The molecule has 2 nitrogen and oxygen atoms in total. The van der Waals surface area contributed by atoms with Crippen molar-refractivity contribution in [3.63, 3.8) is 0 Å². The molecule has 3 heteroatoms. The Kier molecular flexibility index (Phi) is 5.13. The summed E-state index contributed by atoms with van der Waals surface area (Å²) in [5, 5.41) is 11.2. The number of hydrogen-bond acceptors (Lipinski definition) is 3. The molecule has 0 amide bonds. The van der Waals surface area contributed by atoms with E-state index in [9.17, 15) is 0 Å². The molecule has 1 heterocycles. The maximum absolute atomic E-state index is 9.05. The predicted octanol–water partition coefficient (Wildman–Crippen LogP) is 5.19. The third-order valence-corrected chi connectivity index (χ3v) is 5.31. The van der Waals surface area contributed by atoms with Crippen LogP contribution >= 0.6 is 11.3 Å². The van der Waals surface area contributed by atoms with Gasteiger partial charge in [0.25, 0.3) is 0 Å². The number of thiophene rings is 1. The fraction of sp³-hybridized carbons (Fsp3) is 0.421. The lowest BCUT2D eigenvalue weighted by Crippen LogP contribution is -2.30.